The monoisotopic (exact) mass is 340 g/mol. The average molecular weight is 341 g/mol. The van der Waals surface area contributed by atoms with Gasteiger partial charge in [-0.05, 0) is 65.1 Å². The first-order valence-electron chi connectivity index (χ1n) is 9.82. The van der Waals surface area contributed by atoms with E-state index in [4.69, 9.17) is 9.47 Å². The van der Waals surface area contributed by atoms with E-state index in [9.17, 15) is 0 Å². The summed E-state index contributed by atoms with van der Waals surface area (Å²) in [7, 11) is 0. The van der Waals surface area contributed by atoms with Gasteiger partial charge in [0.25, 0.3) is 0 Å². The van der Waals surface area contributed by atoms with Gasteiger partial charge in [0, 0.05) is 32.8 Å². The van der Waals surface area contributed by atoms with E-state index in [1.165, 1.54) is 45.3 Å². The Morgan fingerprint density at radius 2 is 2.08 bits per heavy atom. The van der Waals surface area contributed by atoms with E-state index in [1.54, 1.807) is 0 Å². The zero-order valence-electron chi connectivity index (χ0n) is 15.4. The van der Waals surface area contributed by atoms with E-state index >= 15 is 0 Å². The van der Waals surface area contributed by atoms with Crippen molar-refractivity contribution < 1.29 is 9.47 Å². The summed E-state index contributed by atoms with van der Waals surface area (Å²) in [4.78, 5) is 7.17. The van der Waals surface area contributed by atoms with Crippen LogP contribution in [0.5, 0.6) is 0 Å². The Kier molecular flexibility index (Phi) is 10.1. The molecule has 1 atom stereocenters. The van der Waals surface area contributed by atoms with Gasteiger partial charge in [-0.2, -0.15) is 0 Å². The molecule has 6 heteroatoms. The van der Waals surface area contributed by atoms with E-state index in [-0.39, 0.29) is 0 Å². The minimum absolute atomic E-state index is 0.322. The molecule has 0 radical (unpaired) electrons. The second-order valence-electron chi connectivity index (χ2n) is 6.65. The zero-order chi connectivity index (χ0) is 16.9. The fourth-order valence-electron chi connectivity index (χ4n) is 3.21. The summed E-state index contributed by atoms with van der Waals surface area (Å²) in [5, 5.41) is 6.74. The number of ether oxygens (including phenoxy) is 2. The molecule has 0 amide bonds. The normalized spacial score (nSPS) is 22.2. The number of hydrogen-bond acceptors (Lipinski definition) is 4. The van der Waals surface area contributed by atoms with Crippen LogP contribution in [0.2, 0.25) is 0 Å². The number of nitrogens with one attached hydrogen (secondary N) is 2. The van der Waals surface area contributed by atoms with Gasteiger partial charge in [0.05, 0.1) is 12.7 Å². The molecule has 2 aliphatic rings. The first-order chi connectivity index (χ1) is 11.9. The van der Waals surface area contributed by atoms with E-state index < -0.39 is 0 Å². The lowest BCUT2D eigenvalue weighted by atomic mass is 10.2. The highest BCUT2D eigenvalue weighted by molar-refractivity contribution is 5.79. The smallest absolute Gasteiger partial charge is 0.191 e. The predicted octanol–water partition coefficient (Wildman–Crippen LogP) is 1.61. The van der Waals surface area contributed by atoms with Crippen LogP contribution in [0.3, 0.4) is 0 Å². The maximum atomic E-state index is 5.67. The Labute approximate surface area is 147 Å². The molecule has 2 rings (SSSR count). The van der Waals surface area contributed by atoms with Crippen LogP contribution in [0.15, 0.2) is 4.99 Å². The van der Waals surface area contributed by atoms with Gasteiger partial charge >= 0.3 is 0 Å². The Bertz CT molecular complexity index is 340. The second kappa shape index (κ2) is 12.5. The summed E-state index contributed by atoms with van der Waals surface area (Å²) in [6, 6.07) is 0. The highest BCUT2D eigenvalue weighted by atomic mass is 16.5. The largest absolute Gasteiger partial charge is 0.379 e. The van der Waals surface area contributed by atoms with Crippen LogP contribution in [0, 0.1) is 0 Å². The second-order valence-corrected chi connectivity index (χ2v) is 6.65. The molecule has 0 aromatic heterocycles. The van der Waals surface area contributed by atoms with Crippen molar-refractivity contribution in [1.82, 2.24) is 15.5 Å². The van der Waals surface area contributed by atoms with Gasteiger partial charge in [-0.25, -0.2) is 0 Å². The van der Waals surface area contributed by atoms with Gasteiger partial charge in [0.2, 0.25) is 0 Å². The van der Waals surface area contributed by atoms with Crippen molar-refractivity contribution >= 4 is 5.96 Å². The Hall–Kier alpha value is -0.850. The van der Waals surface area contributed by atoms with Crippen molar-refractivity contribution in [1.29, 1.82) is 0 Å². The number of likely N-dealkylation sites (tertiary alicyclic amines) is 1. The molecule has 2 fully saturated rings. The van der Waals surface area contributed by atoms with Gasteiger partial charge in [0.15, 0.2) is 5.96 Å². The molecule has 140 valence electrons. The van der Waals surface area contributed by atoms with Crippen LogP contribution in [0.25, 0.3) is 0 Å². The summed E-state index contributed by atoms with van der Waals surface area (Å²) >= 11 is 0. The number of aliphatic imine (C=N–C) groups is 1. The summed E-state index contributed by atoms with van der Waals surface area (Å²) in [6.07, 6.45) is 7.51. The quantitative estimate of drug-likeness (QED) is 0.340. The van der Waals surface area contributed by atoms with Crippen LogP contribution in [-0.4, -0.2) is 76.1 Å². The molecule has 2 N–H and O–H groups in total. The summed E-state index contributed by atoms with van der Waals surface area (Å²) in [6.45, 7) is 10.9. The summed E-state index contributed by atoms with van der Waals surface area (Å²) in [5.41, 5.74) is 0. The van der Waals surface area contributed by atoms with Gasteiger partial charge in [-0.15, -0.1) is 0 Å². The third-order valence-corrected chi connectivity index (χ3v) is 4.53. The van der Waals surface area contributed by atoms with Crippen LogP contribution >= 0.6 is 0 Å². The number of rotatable bonds is 11. The van der Waals surface area contributed by atoms with E-state index in [2.05, 4.69) is 27.4 Å². The third kappa shape index (κ3) is 8.31. The maximum absolute atomic E-state index is 5.67. The van der Waals surface area contributed by atoms with E-state index in [0.29, 0.717) is 6.10 Å². The molecule has 2 heterocycles. The summed E-state index contributed by atoms with van der Waals surface area (Å²) < 4.78 is 11.2. The van der Waals surface area contributed by atoms with Gasteiger partial charge in [-0.3, -0.25) is 4.99 Å². The molecule has 2 aliphatic heterocycles. The van der Waals surface area contributed by atoms with Crippen molar-refractivity contribution in [2.75, 3.05) is 59.1 Å². The molecule has 0 aromatic rings. The van der Waals surface area contributed by atoms with E-state index in [1.807, 2.05) is 0 Å². The standard InChI is InChI=1S/C18H36N4O2/c1-2-19-18(20-9-6-13-22-11-3-4-12-22)21-10-7-14-23-16-17-8-5-15-24-17/h17H,2-16H2,1H3,(H2,19,20,21). The van der Waals surface area contributed by atoms with Gasteiger partial charge < -0.3 is 25.0 Å². The third-order valence-electron chi connectivity index (χ3n) is 4.53. The maximum Gasteiger partial charge on any atom is 0.191 e. The molecule has 0 spiro atoms. The highest BCUT2D eigenvalue weighted by Crippen LogP contribution is 2.11. The van der Waals surface area contributed by atoms with Gasteiger partial charge in [-0.1, -0.05) is 0 Å². The van der Waals surface area contributed by atoms with Crippen LogP contribution in [0.1, 0.15) is 45.4 Å². The number of hydrogen-bond donors (Lipinski definition) is 2. The lowest BCUT2D eigenvalue weighted by Crippen LogP contribution is -2.38. The molecular formula is C18H36N4O2. The van der Waals surface area contributed by atoms with Gasteiger partial charge in [0.1, 0.15) is 0 Å². The van der Waals surface area contributed by atoms with Crippen molar-refractivity contribution in [2.24, 2.45) is 4.99 Å². The molecule has 0 aromatic carbocycles. The summed E-state index contributed by atoms with van der Waals surface area (Å²) in [5.74, 6) is 0.929. The average Bonchev–Trinajstić information content (AvgIpc) is 3.28. The van der Waals surface area contributed by atoms with E-state index in [0.717, 1.165) is 58.3 Å². The zero-order valence-corrected chi connectivity index (χ0v) is 15.4. The predicted molar refractivity (Wildman–Crippen MR) is 98.7 cm³/mol. The van der Waals surface area contributed by atoms with Crippen molar-refractivity contribution in [3.8, 4) is 0 Å². The Balaban J connectivity index is 1.48. The number of guanidine groups is 1. The molecule has 0 aliphatic carbocycles. The minimum Gasteiger partial charge on any atom is -0.379 e. The lowest BCUT2D eigenvalue weighted by molar-refractivity contribution is 0.0171. The molecule has 1 unspecified atom stereocenters. The van der Waals surface area contributed by atoms with Crippen molar-refractivity contribution in [2.45, 2.75) is 51.6 Å². The topological polar surface area (TPSA) is 58.1 Å². The fraction of sp³-hybridized carbons (Fsp3) is 0.944. The van der Waals surface area contributed by atoms with Crippen molar-refractivity contribution in [3.63, 3.8) is 0 Å². The minimum atomic E-state index is 0.322. The SMILES string of the molecule is CCNC(=NCCCOCC1CCCO1)NCCCN1CCCC1. The molecular weight excluding hydrogens is 304 g/mol. The molecule has 0 saturated carbocycles. The molecule has 24 heavy (non-hydrogen) atoms. The lowest BCUT2D eigenvalue weighted by Gasteiger charge is -2.15. The van der Waals surface area contributed by atoms with Crippen LogP contribution in [-0.2, 0) is 9.47 Å². The van der Waals surface area contributed by atoms with Crippen LogP contribution in [0.4, 0.5) is 0 Å². The molecule has 6 nitrogen and oxygen atoms in total. The van der Waals surface area contributed by atoms with Crippen molar-refractivity contribution in [3.05, 3.63) is 0 Å². The van der Waals surface area contributed by atoms with Crippen LogP contribution < -0.4 is 10.6 Å². The first-order valence-corrected chi connectivity index (χ1v) is 9.82. The first kappa shape index (κ1) is 19.5. The Morgan fingerprint density at radius 1 is 1.21 bits per heavy atom. The fourth-order valence-corrected chi connectivity index (χ4v) is 3.21. The number of nitrogens with zero attached hydrogens (tertiary/aromatic N) is 2. The molecule has 0 bridgehead atoms. The molecule has 2 saturated heterocycles. The highest BCUT2D eigenvalue weighted by Gasteiger charge is 2.14. The Morgan fingerprint density at radius 3 is 2.83 bits per heavy atom.